The van der Waals surface area contributed by atoms with E-state index in [1.54, 1.807) is 0 Å². The molecule has 0 saturated carbocycles. The number of rotatable bonds is 5. The van der Waals surface area contributed by atoms with Crippen molar-refractivity contribution in [1.29, 1.82) is 0 Å². The third-order valence-corrected chi connectivity index (χ3v) is 6.31. The summed E-state index contributed by atoms with van der Waals surface area (Å²) in [5, 5.41) is 0. The monoisotopic (exact) mass is 433 g/mol. The number of hydrogen-bond donors (Lipinski definition) is 1. The van der Waals surface area contributed by atoms with Crippen LogP contribution in [-0.4, -0.2) is 56.6 Å². The number of nitrogens with two attached hydrogens (primary N) is 1. The molecule has 0 aromatic heterocycles. The highest BCUT2D eigenvalue weighted by Crippen LogP contribution is 2.27. The number of alkyl halides is 3. The fraction of sp³-hybridized carbons (Fsp3) is 0.353. The fourth-order valence-electron chi connectivity index (χ4n) is 2.96. The molecular formula is C17H18F3N3O5S. The second-order valence-electron chi connectivity index (χ2n) is 6.27. The second-order valence-corrected chi connectivity index (χ2v) is 8.28. The average Bonchev–Trinajstić information content (AvgIpc) is 2.67. The van der Waals surface area contributed by atoms with E-state index in [4.69, 9.17) is 10.5 Å². The normalized spacial score (nSPS) is 20.7. The lowest BCUT2D eigenvalue weighted by Crippen LogP contribution is -2.51. The van der Waals surface area contributed by atoms with E-state index in [-0.39, 0.29) is 24.4 Å². The Bertz CT molecular complexity index is 921. The summed E-state index contributed by atoms with van der Waals surface area (Å²) >= 11 is 0. The molecular weight excluding hydrogens is 415 g/mol. The molecule has 1 aromatic carbocycles. The highest BCUT2D eigenvalue weighted by Gasteiger charge is 2.36. The van der Waals surface area contributed by atoms with Crippen LogP contribution in [0.25, 0.3) is 0 Å². The number of anilines is 1. The smallest absolute Gasteiger partial charge is 0.476 e. The van der Waals surface area contributed by atoms with E-state index in [0.717, 1.165) is 12.3 Å². The van der Waals surface area contributed by atoms with Crippen molar-refractivity contribution in [3.8, 4) is 5.75 Å². The Balaban J connectivity index is 1.63. The lowest BCUT2D eigenvalue weighted by atomic mass is 10.2. The molecule has 0 spiro atoms. The molecule has 2 aliphatic heterocycles. The minimum Gasteiger partial charge on any atom is -0.476 e. The van der Waals surface area contributed by atoms with Gasteiger partial charge >= 0.3 is 6.36 Å². The van der Waals surface area contributed by atoms with Crippen LogP contribution in [0.2, 0.25) is 0 Å². The van der Waals surface area contributed by atoms with E-state index in [9.17, 15) is 26.4 Å². The highest BCUT2D eigenvalue weighted by molar-refractivity contribution is 7.89. The summed E-state index contributed by atoms with van der Waals surface area (Å²) in [7, 11) is -3.88. The maximum atomic E-state index is 12.8. The minimum atomic E-state index is -4.76. The summed E-state index contributed by atoms with van der Waals surface area (Å²) in [6, 6.07) is 5.35. The Morgan fingerprint density at radius 3 is 2.31 bits per heavy atom. The number of carbonyl (C=O) groups excluding carboxylic acids is 1. The maximum Gasteiger partial charge on any atom is 0.573 e. The standard InChI is InChI=1S/C17H18F3N3O5S/c18-17(19,20)28-14-3-1-13(2-4-14)22-6-8-23(9-7-22)29(25,26)15-11-12(16(21)24)5-10-27-15/h1-5,10-11,15H,6-9H2,(H2,21,24). The van der Waals surface area contributed by atoms with E-state index >= 15 is 0 Å². The van der Waals surface area contributed by atoms with E-state index in [2.05, 4.69) is 4.74 Å². The predicted octanol–water partition coefficient (Wildman–Crippen LogP) is 1.32. The Morgan fingerprint density at radius 1 is 1.14 bits per heavy atom. The van der Waals surface area contributed by atoms with Crippen LogP contribution in [0.4, 0.5) is 18.9 Å². The predicted molar refractivity (Wildman–Crippen MR) is 97.1 cm³/mol. The van der Waals surface area contributed by atoms with Gasteiger partial charge in [0.05, 0.1) is 6.26 Å². The summed E-state index contributed by atoms with van der Waals surface area (Å²) in [4.78, 5) is 13.1. The van der Waals surface area contributed by atoms with Crippen LogP contribution in [0.15, 0.2) is 48.3 Å². The fourth-order valence-corrected chi connectivity index (χ4v) is 4.45. The minimum absolute atomic E-state index is 0.0460. The van der Waals surface area contributed by atoms with Crippen LogP contribution in [0.1, 0.15) is 0 Å². The Morgan fingerprint density at radius 2 is 1.76 bits per heavy atom. The van der Waals surface area contributed by atoms with Gasteiger partial charge in [0.15, 0.2) is 0 Å². The number of ether oxygens (including phenoxy) is 2. The molecule has 1 unspecified atom stereocenters. The van der Waals surface area contributed by atoms with Crippen molar-refractivity contribution in [2.75, 3.05) is 31.1 Å². The van der Waals surface area contributed by atoms with Gasteiger partial charge in [0.2, 0.25) is 11.3 Å². The van der Waals surface area contributed by atoms with Crippen molar-refractivity contribution in [2.45, 2.75) is 11.8 Å². The maximum absolute atomic E-state index is 12.8. The number of sulfonamides is 1. The number of piperazine rings is 1. The van der Waals surface area contributed by atoms with Gasteiger partial charge in [-0.1, -0.05) is 0 Å². The van der Waals surface area contributed by atoms with Crippen LogP contribution in [0.5, 0.6) is 5.75 Å². The Kier molecular flexibility index (Phi) is 5.75. The zero-order valence-corrected chi connectivity index (χ0v) is 15.8. The molecule has 2 N–H and O–H groups in total. The number of amides is 1. The van der Waals surface area contributed by atoms with E-state index in [1.807, 2.05) is 4.90 Å². The quantitative estimate of drug-likeness (QED) is 0.752. The summed E-state index contributed by atoms with van der Waals surface area (Å²) in [6.07, 6.45) is -1.20. The Hall–Kier alpha value is -2.73. The molecule has 1 aromatic rings. The summed E-state index contributed by atoms with van der Waals surface area (Å²) in [5.41, 5.74) is 4.52. The first kappa shape index (κ1) is 21.0. The van der Waals surface area contributed by atoms with Crippen LogP contribution in [-0.2, 0) is 19.6 Å². The number of nitrogens with zero attached hydrogens (tertiary/aromatic N) is 2. The van der Waals surface area contributed by atoms with Crippen LogP contribution in [0, 0.1) is 0 Å². The van der Waals surface area contributed by atoms with Crippen molar-refractivity contribution >= 4 is 21.6 Å². The van der Waals surface area contributed by atoms with Gasteiger partial charge in [-0.2, -0.15) is 4.31 Å². The van der Waals surface area contributed by atoms with Gasteiger partial charge in [0.1, 0.15) is 5.75 Å². The van der Waals surface area contributed by atoms with Crippen molar-refractivity contribution in [3.63, 3.8) is 0 Å². The van der Waals surface area contributed by atoms with Crippen LogP contribution in [0.3, 0.4) is 0 Å². The highest BCUT2D eigenvalue weighted by atomic mass is 32.2. The third kappa shape index (κ3) is 5.01. The van der Waals surface area contributed by atoms with Gasteiger partial charge in [-0.25, -0.2) is 8.42 Å². The summed E-state index contributed by atoms with van der Waals surface area (Å²) in [6.45, 7) is 0.945. The molecule has 2 heterocycles. The van der Waals surface area contributed by atoms with E-state index in [0.29, 0.717) is 18.8 Å². The Labute approximate surface area is 165 Å². The zero-order valence-electron chi connectivity index (χ0n) is 15.0. The molecule has 2 aliphatic rings. The summed E-state index contributed by atoms with van der Waals surface area (Å²) in [5.74, 6) is -1.09. The van der Waals surface area contributed by atoms with E-state index in [1.165, 1.54) is 34.6 Å². The van der Waals surface area contributed by atoms with Gasteiger partial charge < -0.3 is 20.1 Å². The van der Waals surface area contributed by atoms with Gasteiger partial charge in [0, 0.05) is 37.4 Å². The molecule has 29 heavy (non-hydrogen) atoms. The van der Waals surface area contributed by atoms with Crippen molar-refractivity contribution in [1.82, 2.24) is 4.31 Å². The number of primary amides is 1. The molecule has 158 valence electrons. The number of hydrogen-bond acceptors (Lipinski definition) is 6. The molecule has 3 rings (SSSR count). The second kappa shape index (κ2) is 7.95. The molecule has 8 nitrogen and oxygen atoms in total. The largest absolute Gasteiger partial charge is 0.573 e. The van der Waals surface area contributed by atoms with Gasteiger partial charge in [-0.3, -0.25) is 4.79 Å². The number of benzene rings is 1. The van der Waals surface area contributed by atoms with Gasteiger partial charge in [-0.15, -0.1) is 13.2 Å². The molecule has 1 atom stereocenters. The SMILES string of the molecule is NC(=O)C1=CC(S(=O)(=O)N2CCN(c3ccc(OC(F)(F)F)cc3)CC2)OC=C1. The van der Waals surface area contributed by atoms with Crippen LogP contribution >= 0.6 is 0 Å². The molecule has 1 fully saturated rings. The van der Waals surface area contributed by atoms with Crippen LogP contribution < -0.4 is 15.4 Å². The number of halogens is 3. The van der Waals surface area contributed by atoms with Crippen molar-refractivity contribution < 1.29 is 35.9 Å². The molecule has 0 aliphatic carbocycles. The first-order valence-corrected chi connectivity index (χ1v) is 10.00. The molecule has 12 heteroatoms. The van der Waals surface area contributed by atoms with Gasteiger partial charge in [0.25, 0.3) is 10.0 Å². The van der Waals surface area contributed by atoms with Crippen molar-refractivity contribution in [2.24, 2.45) is 5.73 Å². The lowest BCUT2D eigenvalue weighted by Gasteiger charge is -2.36. The van der Waals surface area contributed by atoms with E-state index < -0.39 is 27.7 Å². The van der Waals surface area contributed by atoms with Crippen molar-refractivity contribution in [3.05, 3.63) is 48.3 Å². The topological polar surface area (TPSA) is 102 Å². The third-order valence-electron chi connectivity index (χ3n) is 4.39. The molecule has 0 bridgehead atoms. The molecule has 1 saturated heterocycles. The first-order chi connectivity index (χ1) is 13.6. The number of carbonyl (C=O) groups is 1. The molecule has 1 amide bonds. The molecule has 0 radical (unpaired) electrons. The average molecular weight is 433 g/mol. The van der Waals surface area contributed by atoms with Gasteiger partial charge in [-0.05, 0) is 36.4 Å². The summed E-state index contributed by atoms with van der Waals surface area (Å²) < 4.78 is 72.4. The lowest BCUT2D eigenvalue weighted by molar-refractivity contribution is -0.274. The first-order valence-electron chi connectivity index (χ1n) is 8.49. The zero-order chi connectivity index (χ0) is 21.2.